The van der Waals surface area contributed by atoms with Crippen molar-refractivity contribution in [1.29, 1.82) is 0 Å². The van der Waals surface area contributed by atoms with Crippen LogP contribution >= 0.6 is 0 Å². The molecule has 0 saturated carbocycles. The number of amides is 1. The summed E-state index contributed by atoms with van der Waals surface area (Å²) in [5.74, 6) is 0.317. The highest BCUT2D eigenvalue weighted by Crippen LogP contribution is 2.55. The maximum Gasteiger partial charge on any atom is 0.410 e. The highest BCUT2D eigenvalue weighted by atomic mass is 32.2. The van der Waals surface area contributed by atoms with Gasteiger partial charge in [0, 0.05) is 43.1 Å². The standard InChI is InChI=1S/C41H50N2O9S/c1-4-5-16-37-41(27-43(28-41)53(47,48)33-19-21-42(22-20-33)40(46)50-25-30-12-8-6-9-13-30)24-35(29(2)3)39(52-37)34-23-32(51-31-14-10-7-11-15-31)17-18-36(34)49-26-38(44)45/h6-15,17-18,23,33,35,37,39H,2,4-5,16,19-22,24-28H2,1,3H3,(H,44,45)/t35-,37+,39-/m0/s1. The predicted molar refractivity (Wildman–Crippen MR) is 200 cm³/mol. The van der Waals surface area contributed by atoms with Crippen LogP contribution in [0, 0.1) is 11.3 Å². The van der Waals surface area contributed by atoms with Crippen molar-refractivity contribution in [3.8, 4) is 17.2 Å². The van der Waals surface area contributed by atoms with E-state index in [1.807, 2.05) is 73.7 Å². The van der Waals surface area contributed by atoms with Crippen molar-refractivity contribution >= 4 is 22.1 Å². The molecule has 1 spiro atoms. The Morgan fingerprint density at radius 3 is 2.30 bits per heavy atom. The van der Waals surface area contributed by atoms with E-state index in [0.29, 0.717) is 68.3 Å². The smallest absolute Gasteiger partial charge is 0.410 e. The van der Waals surface area contributed by atoms with Crippen molar-refractivity contribution in [3.63, 3.8) is 0 Å². The molecule has 3 fully saturated rings. The minimum absolute atomic E-state index is 0.171. The quantitative estimate of drug-likeness (QED) is 0.166. The van der Waals surface area contributed by atoms with E-state index < -0.39 is 45.5 Å². The van der Waals surface area contributed by atoms with Crippen molar-refractivity contribution in [2.75, 3.05) is 32.8 Å². The van der Waals surface area contributed by atoms with Crippen LogP contribution < -0.4 is 9.47 Å². The number of hydrogen-bond acceptors (Lipinski definition) is 8. The fourth-order valence-corrected chi connectivity index (χ4v) is 9.92. The summed E-state index contributed by atoms with van der Waals surface area (Å²) >= 11 is 0. The molecule has 11 nitrogen and oxygen atoms in total. The molecule has 3 aromatic carbocycles. The number of carbonyl (C=O) groups is 2. The molecule has 0 unspecified atom stereocenters. The Kier molecular flexibility index (Phi) is 12.1. The van der Waals surface area contributed by atoms with E-state index in [9.17, 15) is 23.1 Å². The fraction of sp³-hybridized carbons (Fsp3) is 0.463. The van der Waals surface area contributed by atoms with E-state index in [4.69, 9.17) is 18.9 Å². The summed E-state index contributed by atoms with van der Waals surface area (Å²) < 4.78 is 54.1. The molecule has 1 amide bonds. The molecule has 0 bridgehead atoms. The van der Waals surface area contributed by atoms with Gasteiger partial charge in [-0.15, -0.1) is 0 Å². The van der Waals surface area contributed by atoms with Crippen LogP contribution in [0.4, 0.5) is 4.79 Å². The van der Waals surface area contributed by atoms with Crippen molar-refractivity contribution in [2.45, 2.75) is 76.4 Å². The van der Waals surface area contributed by atoms with Crippen molar-refractivity contribution in [2.24, 2.45) is 11.3 Å². The van der Waals surface area contributed by atoms with Crippen molar-refractivity contribution in [1.82, 2.24) is 9.21 Å². The molecule has 3 aromatic rings. The average Bonchev–Trinajstić information content (AvgIpc) is 3.15. The molecule has 12 heteroatoms. The van der Waals surface area contributed by atoms with Crippen LogP contribution in [0.1, 0.15) is 69.6 Å². The van der Waals surface area contributed by atoms with Gasteiger partial charge in [0.2, 0.25) is 10.0 Å². The normalized spacial score (nSPS) is 21.8. The number of hydrogen-bond donors (Lipinski definition) is 1. The number of rotatable bonds is 14. The number of benzene rings is 3. The molecule has 6 rings (SSSR count). The van der Waals surface area contributed by atoms with Gasteiger partial charge in [0.1, 0.15) is 23.9 Å². The number of ether oxygens (including phenoxy) is 4. The van der Waals surface area contributed by atoms with Crippen LogP contribution in [0.5, 0.6) is 17.2 Å². The number of carboxylic acid groups (broad SMARTS) is 1. The predicted octanol–water partition coefficient (Wildman–Crippen LogP) is 7.59. The summed E-state index contributed by atoms with van der Waals surface area (Å²) in [4.78, 5) is 25.8. The number of unbranched alkanes of at least 4 members (excludes halogenated alkanes) is 1. The van der Waals surface area contributed by atoms with Crippen molar-refractivity contribution < 1.29 is 42.1 Å². The zero-order chi connectivity index (χ0) is 37.6. The van der Waals surface area contributed by atoms with Gasteiger partial charge in [0.25, 0.3) is 0 Å². The summed E-state index contributed by atoms with van der Waals surface area (Å²) in [6.45, 7) is 9.39. The molecule has 3 aliphatic heterocycles. The number of carboxylic acids is 1. The highest BCUT2D eigenvalue weighted by molar-refractivity contribution is 7.89. The number of sulfonamides is 1. The maximum atomic E-state index is 14.0. The fourth-order valence-electron chi connectivity index (χ4n) is 7.81. The number of likely N-dealkylation sites (tertiary alicyclic amines) is 1. The molecule has 284 valence electrons. The lowest BCUT2D eigenvalue weighted by Crippen LogP contribution is -2.67. The van der Waals surface area contributed by atoms with Gasteiger partial charge >= 0.3 is 12.1 Å². The topological polar surface area (TPSA) is 132 Å². The summed E-state index contributed by atoms with van der Waals surface area (Å²) in [6.07, 6.45) is 2.76. The number of para-hydroxylation sites is 1. The summed E-state index contributed by atoms with van der Waals surface area (Å²) in [5.41, 5.74) is 2.04. The van der Waals surface area contributed by atoms with Crippen LogP contribution in [-0.2, 0) is 30.9 Å². The van der Waals surface area contributed by atoms with Crippen LogP contribution in [0.15, 0.2) is 91.0 Å². The Bertz CT molecular complexity index is 1840. The van der Waals surface area contributed by atoms with Crippen LogP contribution in [0.3, 0.4) is 0 Å². The number of piperidine rings is 1. The third-order valence-electron chi connectivity index (χ3n) is 10.7. The first-order valence-corrected chi connectivity index (χ1v) is 20.0. The lowest BCUT2D eigenvalue weighted by molar-refractivity contribution is -0.191. The van der Waals surface area contributed by atoms with Gasteiger partial charge in [-0.3, -0.25) is 0 Å². The van der Waals surface area contributed by atoms with Crippen LogP contribution in [-0.4, -0.2) is 78.9 Å². The largest absolute Gasteiger partial charge is 0.482 e. The molecule has 53 heavy (non-hydrogen) atoms. The molecular formula is C41H50N2O9S. The second-order valence-corrected chi connectivity index (χ2v) is 16.8. The Morgan fingerprint density at radius 2 is 1.66 bits per heavy atom. The van der Waals surface area contributed by atoms with Gasteiger partial charge in [-0.25, -0.2) is 22.3 Å². The number of nitrogens with zero attached hydrogens (tertiary/aromatic N) is 2. The molecule has 3 aliphatic rings. The minimum Gasteiger partial charge on any atom is -0.482 e. The molecule has 3 heterocycles. The number of carbonyl (C=O) groups excluding carboxylic acids is 1. The van der Waals surface area contributed by atoms with Gasteiger partial charge in [-0.05, 0) is 68.5 Å². The summed E-state index contributed by atoms with van der Waals surface area (Å²) in [5, 5.41) is 8.84. The van der Waals surface area contributed by atoms with E-state index in [-0.39, 0.29) is 18.6 Å². The third kappa shape index (κ3) is 8.88. The van der Waals surface area contributed by atoms with Gasteiger partial charge in [0.15, 0.2) is 6.61 Å². The first kappa shape index (κ1) is 38.3. The average molecular weight is 747 g/mol. The Balaban J connectivity index is 1.17. The van der Waals surface area contributed by atoms with Gasteiger partial charge in [-0.1, -0.05) is 80.4 Å². The van der Waals surface area contributed by atoms with E-state index in [2.05, 4.69) is 13.5 Å². The first-order valence-electron chi connectivity index (χ1n) is 18.5. The second-order valence-electron chi connectivity index (χ2n) is 14.5. The Morgan fingerprint density at radius 1 is 0.981 bits per heavy atom. The third-order valence-corrected chi connectivity index (χ3v) is 13.0. The summed E-state index contributed by atoms with van der Waals surface area (Å²) in [6, 6.07) is 24.2. The SMILES string of the molecule is C=C(C)[C@@H]1CC2(CN(S(=O)(=O)C3CCN(C(=O)OCc4ccccc4)CC3)C2)[C@@H](CCCC)O[C@H]1c1cc(Oc2ccccc2)ccc1OCC(=O)O. The van der Waals surface area contributed by atoms with Crippen molar-refractivity contribution in [3.05, 3.63) is 102 Å². The number of aliphatic carboxylic acids is 1. The van der Waals surface area contributed by atoms with Crippen LogP contribution in [0.2, 0.25) is 0 Å². The van der Waals surface area contributed by atoms with Crippen LogP contribution in [0.25, 0.3) is 0 Å². The molecule has 0 aromatic heterocycles. The second kappa shape index (κ2) is 16.7. The summed E-state index contributed by atoms with van der Waals surface area (Å²) in [7, 11) is -3.63. The first-order chi connectivity index (χ1) is 25.5. The molecular weight excluding hydrogens is 697 g/mol. The van der Waals surface area contributed by atoms with E-state index in [1.165, 1.54) is 0 Å². The monoisotopic (exact) mass is 746 g/mol. The maximum absolute atomic E-state index is 14.0. The van der Waals surface area contributed by atoms with E-state index >= 15 is 0 Å². The molecule has 0 aliphatic carbocycles. The van der Waals surface area contributed by atoms with Gasteiger partial charge in [-0.2, -0.15) is 0 Å². The zero-order valence-electron chi connectivity index (χ0n) is 30.5. The lowest BCUT2D eigenvalue weighted by Gasteiger charge is -2.59. The Hall–Kier alpha value is -4.39. The highest BCUT2D eigenvalue weighted by Gasteiger charge is 2.59. The van der Waals surface area contributed by atoms with Gasteiger partial charge in [0.05, 0.1) is 17.5 Å². The zero-order valence-corrected chi connectivity index (χ0v) is 31.3. The molecule has 3 saturated heterocycles. The van der Waals surface area contributed by atoms with E-state index in [0.717, 1.165) is 30.4 Å². The Labute approximate surface area is 312 Å². The molecule has 1 N–H and O–H groups in total. The van der Waals surface area contributed by atoms with Gasteiger partial charge < -0.3 is 29.0 Å². The molecule has 0 radical (unpaired) electrons. The minimum atomic E-state index is -3.63. The lowest BCUT2D eigenvalue weighted by atomic mass is 9.64. The van der Waals surface area contributed by atoms with E-state index in [1.54, 1.807) is 21.3 Å². The molecule has 3 atom stereocenters.